The molecule has 0 spiro atoms. The predicted octanol–water partition coefficient (Wildman–Crippen LogP) is 2.22. The van der Waals surface area contributed by atoms with Crippen molar-refractivity contribution < 1.29 is 14.7 Å². The van der Waals surface area contributed by atoms with Gasteiger partial charge in [-0.2, -0.15) is 0 Å². The zero-order valence-electron chi connectivity index (χ0n) is 12.8. The van der Waals surface area contributed by atoms with Gasteiger partial charge >= 0.3 is 12.0 Å². The van der Waals surface area contributed by atoms with Gasteiger partial charge in [0.15, 0.2) is 0 Å². The number of amides is 2. The molecule has 1 atom stereocenters. The number of carbonyl (C=O) groups excluding carboxylic acids is 1. The molecule has 0 saturated heterocycles. The largest absolute Gasteiger partial charge is 0.481 e. The van der Waals surface area contributed by atoms with Crippen molar-refractivity contribution in [2.24, 2.45) is 11.8 Å². The second kappa shape index (κ2) is 8.47. The molecule has 0 bridgehead atoms. The van der Waals surface area contributed by atoms with Gasteiger partial charge < -0.3 is 15.7 Å². The zero-order valence-corrected chi connectivity index (χ0v) is 12.8. The number of rotatable bonds is 8. The summed E-state index contributed by atoms with van der Waals surface area (Å²) in [5.74, 6) is 2.38. The van der Waals surface area contributed by atoms with E-state index in [1.807, 2.05) is 0 Å². The minimum atomic E-state index is -0.780. The van der Waals surface area contributed by atoms with E-state index in [-0.39, 0.29) is 18.4 Å². The molecule has 1 unspecified atom stereocenters. The lowest BCUT2D eigenvalue weighted by Crippen LogP contribution is -2.47. The van der Waals surface area contributed by atoms with Crippen molar-refractivity contribution in [1.82, 2.24) is 10.6 Å². The topological polar surface area (TPSA) is 78.4 Å². The second-order valence-electron chi connectivity index (χ2n) is 5.88. The highest BCUT2D eigenvalue weighted by Crippen LogP contribution is 2.20. The Kier molecular flexibility index (Phi) is 7.75. The Hall–Kier alpha value is -1.70. The minimum Gasteiger partial charge on any atom is -0.481 e. The summed E-state index contributed by atoms with van der Waals surface area (Å²) >= 11 is 0. The molecule has 3 N–H and O–H groups in total. The molecular formula is C15H26N2O3. The predicted molar refractivity (Wildman–Crippen MR) is 79.3 cm³/mol. The minimum absolute atomic E-state index is 0.166. The average Bonchev–Trinajstić information content (AvgIpc) is 2.32. The molecule has 0 aromatic carbocycles. The third-order valence-electron chi connectivity index (χ3n) is 3.26. The van der Waals surface area contributed by atoms with Gasteiger partial charge in [-0.05, 0) is 38.5 Å². The van der Waals surface area contributed by atoms with Gasteiger partial charge in [-0.15, -0.1) is 6.42 Å². The van der Waals surface area contributed by atoms with Crippen LogP contribution < -0.4 is 10.6 Å². The summed E-state index contributed by atoms with van der Waals surface area (Å²) in [7, 11) is 0. The average molecular weight is 282 g/mol. The normalized spacial score (nSPS) is 12.6. The maximum absolute atomic E-state index is 11.6. The number of carboxylic acid groups (broad SMARTS) is 1. The molecule has 0 aromatic rings. The first-order valence-electron chi connectivity index (χ1n) is 6.93. The summed E-state index contributed by atoms with van der Waals surface area (Å²) in [6, 6.07) is -0.298. The fraction of sp³-hybridized carbons (Fsp3) is 0.733. The number of terminal acetylenes is 1. The highest BCUT2D eigenvalue weighted by Gasteiger charge is 2.18. The summed E-state index contributed by atoms with van der Waals surface area (Å²) in [6.07, 6.45) is 6.85. The van der Waals surface area contributed by atoms with E-state index >= 15 is 0 Å². The van der Waals surface area contributed by atoms with Gasteiger partial charge in [0.2, 0.25) is 0 Å². The number of hydrogen-bond donors (Lipinski definition) is 3. The molecule has 114 valence electrons. The maximum atomic E-state index is 11.6. The van der Waals surface area contributed by atoms with E-state index in [9.17, 15) is 9.59 Å². The third kappa shape index (κ3) is 8.41. The van der Waals surface area contributed by atoms with Crippen LogP contribution in [0.5, 0.6) is 0 Å². The van der Waals surface area contributed by atoms with E-state index in [4.69, 9.17) is 11.5 Å². The lowest BCUT2D eigenvalue weighted by atomic mass is 9.88. The Bertz CT molecular complexity index is 370. The lowest BCUT2D eigenvalue weighted by Gasteiger charge is -2.22. The monoisotopic (exact) mass is 282 g/mol. The first kappa shape index (κ1) is 18.3. The van der Waals surface area contributed by atoms with Crippen molar-refractivity contribution in [3.63, 3.8) is 0 Å². The first-order valence-corrected chi connectivity index (χ1v) is 6.93. The van der Waals surface area contributed by atoms with Crippen molar-refractivity contribution in [1.29, 1.82) is 0 Å². The van der Waals surface area contributed by atoms with Crippen LogP contribution in [0.4, 0.5) is 4.79 Å². The van der Waals surface area contributed by atoms with Crippen molar-refractivity contribution >= 4 is 12.0 Å². The second-order valence-corrected chi connectivity index (χ2v) is 5.88. The summed E-state index contributed by atoms with van der Waals surface area (Å²) in [5.41, 5.74) is -0.676. The quantitative estimate of drug-likeness (QED) is 0.597. The number of carbonyl (C=O) groups is 2. The van der Waals surface area contributed by atoms with Gasteiger partial charge in [0, 0.05) is 13.0 Å². The molecule has 0 heterocycles. The standard InChI is InChI=1S/C15H26N2O3/c1-6-15(4,5)17-14(20)16-10-9-12(11(2)3)7-8-13(18)19/h1,11-12H,7-10H2,2-5H3,(H,18,19)(H2,16,17,20). The number of urea groups is 1. The molecule has 2 amide bonds. The van der Waals surface area contributed by atoms with Crippen LogP contribution in [0.1, 0.15) is 47.0 Å². The van der Waals surface area contributed by atoms with Gasteiger partial charge in [0.1, 0.15) is 0 Å². The van der Waals surface area contributed by atoms with Crippen LogP contribution >= 0.6 is 0 Å². The summed E-state index contributed by atoms with van der Waals surface area (Å²) < 4.78 is 0. The highest BCUT2D eigenvalue weighted by atomic mass is 16.4. The molecule has 20 heavy (non-hydrogen) atoms. The Morgan fingerprint density at radius 1 is 1.30 bits per heavy atom. The maximum Gasteiger partial charge on any atom is 0.315 e. The zero-order chi connectivity index (χ0) is 15.8. The molecule has 0 saturated carbocycles. The number of hydrogen-bond acceptors (Lipinski definition) is 2. The molecule has 0 radical (unpaired) electrons. The van der Waals surface area contributed by atoms with E-state index in [0.29, 0.717) is 18.9 Å². The summed E-state index contributed by atoms with van der Waals surface area (Å²) in [4.78, 5) is 22.2. The van der Waals surface area contributed by atoms with E-state index < -0.39 is 11.5 Å². The van der Waals surface area contributed by atoms with E-state index in [1.54, 1.807) is 13.8 Å². The third-order valence-corrected chi connectivity index (χ3v) is 3.26. The highest BCUT2D eigenvalue weighted by molar-refractivity contribution is 5.75. The molecule has 5 nitrogen and oxygen atoms in total. The van der Waals surface area contributed by atoms with Crippen LogP contribution in [0.3, 0.4) is 0 Å². The van der Waals surface area contributed by atoms with Crippen molar-refractivity contribution in [3.8, 4) is 12.3 Å². The Balaban J connectivity index is 4.09. The van der Waals surface area contributed by atoms with Crippen LogP contribution in [-0.4, -0.2) is 29.2 Å². The van der Waals surface area contributed by atoms with E-state index in [2.05, 4.69) is 30.4 Å². The first-order chi connectivity index (χ1) is 9.18. The van der Waals surface area contributed by atoms with Gasteiger partial charge in [-0.1, -0.05) is 19.8 Å². The number of aliphatic carboxylic acids is 1. The van der Waals surface area contributed by atoms with Gasteiger partial charge in [0.25, 0.3) is 0 Å². The SMILES string of the molecule is C#CC(C)(C)NC(=O)NCCC(CCC(=O)O)C(C)C. The van der Waals surface area contributed by atoms with Crippen LogP contribution in [-0.2, 0) is 4.79 Å². The van der Waals surface area contributed by atoms with Crippen LogP contribution in [0.25, 0.3) is 0 Å². The van der Waals surface area contributed by atoms with Crippen molar-refractivity contribution in [3.05, 3.63) is 0 Å². The molecule has 5 heteroatoms. The molecule has 0 fully saturated rings. The fourth-order valence-corrected chi connectivity index (χ4v) is 1.86. The molecule has 0 aliphatic heterocycles. The molecule has 0 aromatic heterocycles. The number of nitrogens with one attached hydrogen (secondary N) is 2. The summed E-state index contributed by atoms with van der Waals surface area (Å²) in [5, 5.41) is 14.1. The summed E-state index contributed by atoms with van der Waals surface area (Å²) in [6.45, 7) is 8.13. The Labute approximate surface area is 121 Å². The molecular weight excluding hydrogens is 256 g/mol. The van der Waals surface area contributed by atoms with Crippen molar-refractivity contribution in [2.75, 3.05) is 6.54 Å². The van der Waals surface area contributed by atoms with Gasteiger partial charge in [0.05, 0.1) is 5.54 Å². The fourth-order valence-electron chi connectivity index (χ4n) is 1.86. The van der Waals surface area contributed by atoms with E-state index in [0.717, 1.165) is 6.42 Å². The van der Waals surface area contributed by atoms with Crippen LogP contribution in [0.2, 0.25) is 0 Å². The van der Waals surface area contributed by atoms with Crippen LogP contribution in [0.15, 0.2) is 0 Å². The van der Waals surface area contributed by atoms with Crippen molar-refractivity contribution in [2.45, 2.75) is 52.5 Å². The molecule has 0 aliphatic carbocycles. The van der Waals surface area contributed by atoms with Gasteiger partial charge in [-0.3, -0.25) is 4.79 Å². The number of carboxylic acids is 1. The Morgan fingerprint density at radius 3 is 2.35 bits per heavy atom. The van der Waals surface area contributed by atoms with Crippen LogP contribution in [0, 0.1) is 24.2 Å². The lowest BCUT2D eigenvalue weighted by molar-refractivity contribution is -0.137. The smallest absolute Gasteiger partial charge is 0.315 e. The Morgan fingerprint density at radius 2 is 1.90 bits per heavy atom. The van der Waals surface area contributed by atoms with Gasteiger partial charge in [-0.25, -0.2) is 4.79 Å². The van der Waals surface area contributed by atoms with E-state index in [1.165, 1.54) is 0 Å². The molecule has 0 rings (SSSR count). The molecule has 0 aliphatic rings.